The van der Waals surface area contributed by atoms with Gasteiger partial charge in [-0.05, 0) is 42.9 Å². The molecular formula is C15H30N2. The third kappa shape index (κ3) is 3.03. The van der Waals surface area contributed by atoms with Crippen LogP contribution in [0.15, 0.2) is 0 Å². The summed E-state index contributed by atoms with van der Waals surface area (Å²) in [5.41, 5.74) is 12.0. The Morgan fingerprint density at radius 3 is 1.94 bits per heavy atom. The van der Waals surface area contributed by atoms with Gasteiger partial charge in [0.2, 0.25) is 0 Å². The molecule has 17 heavy (non-hydrogen) atoms. The molecular weight excluding hydrogens is 208 g/mol. The van der Waals surface area contributed by atoms with Crippen LogP contribution in [0.4, 0.5) is 0 Å². The Morgan fingerprint density at radius 1 is 0.882 bits per heavy atom. The molecule has 2 aliphatic rings. The summed E-state index contributed by atoms with van der Waals surface area (Å²) in [7, 11) is 0. The van der Waals surface area contributed by atoms with Gasteiger partial charge in [-0.1, -0.05) is 46.0 Å². The number of rotatable bonds is 2. The fourth-order valence-electron chi connectivity index (χ4n) is 4.08. The summed E-state index contributed by atoms with van der Waals surface area (Å²) in [6, 6.07) is 0. The van der Waals surface area contributed by atoms with E-state index < -0.39 is 5.66 Å². The molecule has 0 aromatic heterocycles. The van der Waals surface area contributed by atoms with E-state index in [9.17, 15) is 0 Å². The monoisotopic (exact) mass is 238 g/mol. The van der Waals surface area contributed by atoms with Crippen LogP contribution in [0.5, 0.6) is 0 Å². The van der Waals surface area contributed by atoms with Gasteiger partial charge in [0.15, 0.2) is 0 Å². The van der Waals surface area contributed by atoms with Crippen LogP contribution in [0.2, 0.25) is 0 Å². The third-order valence-electron chi connectivity index (χ3n) is 5.47. The average molecular weight is 238 g/mol. The smallest absolute Gasteiger partial charge is 0.0689 e. The lowest BCUT2D eigenvalue weighted by Gasteiger charge is -2.45. The Kier molecular flexibility index (Phi) is 4.14. The molecule has 2 nitrogen and oxygen atoms in total. The van der Waals surface area contributed by atoms with E-state index in [0.717, 1.165) is 11.8 Å². The summed E-state index contributed by atoms with van der Waals surface area (Å²) in [6.45, 7) is 4.48. The first-order chi connectivity index (χ1) is 8.00. The fraction of sp³-hybridized carbons (Fsp3) is 1.00. The van der Waals surface area contributed by atoms with Crippen LogP contribution in [-0.4, -0.2) is 5.66 Å². The highest BCUT2D eigenvalue weighted by atomic mass is 15.0. The minimum absolute atomic E-state index is 0.428. The summed E-state index contributed by atoms with van der Waals surface area (Å²) >= 11 is 0. The zero-order valence-electron chi connectivity index (χ0n) is 11.6. The molecule has 0 saturated heterocycles. The topological polar surface area (TPSA) is 52.0 Å². The van der Waals surface area contributed by atoms with E-state index in [1.165, 1.54) is 51.4 Å². The predicted molar refractivity (Wildman–Crippen MR) is 73.3 cm³/mol. The van der Waals surface area contributed by atoms with Gasteiger partial charge in [0.25, 0.3) is 0 Å². The van der Waals surface area contributed by atoms with Crippen molar-refractivity contribution in [2.45, 2.75) is 70.9 Å². The van der Waals surface area contributed by atoms with Crippen LogP contribution in [0.1, 0.15) is 65.2 Å². The van der Waals surface area contributed by atoms with Gasteiger partial charge < -0.3 is 11.5 Å². The van der Waals surface area contributed by atoms with Crippen molar-refractivity contribution in [3.05, 3.63) is 0 Å². The van der Waals surface area contributed by atoms with Crippen molar-refractivity contribution in [2.75, 3.05) is 0 Å². The standard InChI is InChI=1S/C15H30N2/c1-11-8-14(9-12(2)15(11,16)17)10-13-6-4-3-5-7-13/h11-14H,3-10,16-17H2,1-2H3. The molecule has 0 aliphatic heterocycles. The second-order valence-corrected chi connectivity index (χ2v) is 6.88. The molecule has 0 bridgehead atoms. The molecule has 2 fully saturated rings. The highest BCUT2D eigenvalue weighted by molar-refractivity contribution is 4.94. The average Bonchev–Trinajstić information content (AvgIpc) is 2.28. The van der Waals surface area contributed by atoms with E-state index in [0.29, 0.717) is 11.8 Å². The molecule has 2 saturated carbocycles. The van der Waals surface area contributed by atoms with Crippen LogP contribution >= 0.6 is 0 Å². The Hall–Kier alpha value is -0.0800. The van der Waals surface area contributed by atoms with E-state index in [4.69, 9.17) is 11.5 Å². The first-order valence-electron chi connectivity index (χ1n) is 7.58. The van der Waals surface area contributed by atoms with Gasteiger partial charge in [0.1, 0.15) is 0 Å². The largest absolute Gasteiger partial charge is 0.313 e. The highest BCUT2D eigenvalue weighted by Crippen LogP contribution is 2.41. The molecule has 0 heterocycles. The Bertz CT molecular complexity index is 229. The van der Waals surface area contributed by atoms with E-state index >= 15 is 0 Å². The van der Waals surface area contributed by atoms with Gasteiger partial charge in [-0.3, -0.25) is 0 Å². The van der Waals surface area contributed by atoms with Crippen LogP contribution < -0.4 is 11.5 Å². The number of nitrogens with two attached hydrogens (primary N) is 2. The lowest BCUT2D eigenvalue weighted by molar-refractivity contribution is 0.0813. The Labute approximate surface area is 107 Å². The van der Waals surface area contributed by atoms with Crippen molar-refractivity contribution in [2.24, 2.45) is 35.1 Å². The molecule has 4 N–H and O–H groups in total. The summed E-state index contributed by atoms with van der Waals surface area (Å²) < 4.78 is 0. The molecule has 2 atom stereocenters. The normalized spacial score (nSPS) is 39.2. The second kappa shape index (κ2) is 5.27. The number of hydrogen-bond donors (Lipinski definition) is 2. The van der Waals surface area contributed by atoms with Gasteiger partial charge in [0.05, 0.1) is 5.66 Å². The minimum Gasteiger partial charge on any atom is -0.313 e. The van der Waals surface area contributed by atoms with E-state index in [1.807, 2.05) is 0 Å². The minimum atomic E-state index is -0.428. The zero-order valence-corrected chi connectivity index (χ0v) is 11.6. The molecule has 0 spiro atoms. The maximum Gasteiger partial charge on any atom is 0.0689 e. The Morgan fingerprint density at radius 2 is 1.41 bits per heavy atom. The molecule has 0 radical (unpaired) electrons. The van der Waals surface area contributed by atoms with Gasteiger partial charge in [0, 0.05) is 0 Å². The predicted octanol–water partition coefficient (Wildman–Crippen LogP) is 3.25. The molecule has 0 amide bonds. The zero-order chi connectivity index (χ0) is 12.5. The van der Waals surface area contributed by atoms with E-state index in [-0.39, 0.29) is 0 Å². The molecule has 0 aromatic carbocycles. The fourth-order valence-corrected chi connectivity index (χ4v) is 4.08. The van der Waals surface area contributed by atoms with Crippen molar-refractivity contribution < 1.29 is 0 Å². The van der Waals surface area contributed by atoms with E-state index in [1.54, 1.807) is 0 Å². The Balaban J connectivity index is 1.86. The molecule has 2 unspecified atom stereocenters. The molecule has 2 heteroatoms. The van der Waals surface area contributed by atoms with Crippen LogP contribution in [0, 0.1) is 23.7 Å². The van der Waals surface area contributed by atoms with Crippen LogP contribution in [0.3, 0.4) is 0 Å². The van der Waals surface area contributed by atoms with Crippen molar-refractivity contribution >= 4 is 0 Å². The summed E-state index contributed by atoms with van der Waals surface area (Å²) in [5, 5.41) is 0. The van der Waals surface area contributed by atoms with Gasteiger partial charge in [-0.25, -0.2) is 0 Å². The first kappa shape index (κ1) is 13.4. The lowest BCUT2D eigenvalue weighted by atomic mass is 9.66. The third-order valence-corrected chi connectivity index (χ3v) is 5.47. The quantitative estimate of drug-likeness (QED) is 0.726. The highest BCUT2D eigenvalue weighted by Gasteiger charge is 2.40. The van der Waals surface area contributed by atoms with Gasteiger partial charge in [-0.15, -0.1) is 0 Å². The first-order valence-corrected chi connectivity index (χ1v) is 7.58. The van der Waals surface area contributed by atoms with Crippen molar-refractivity contribution in [1.82, 2.24) is 0 Å². The van der Waals surface area contributed by atoms with Crippen molar-refractivity contribution in [1.29, 1.82) is 0 Å². The SMILES string of the molecule is CC1CC(CC2CCCCC2)CC(C)C1(N)N. The molecule has 0 aromatic rings. The van der Waals surface area contributed by atoms with Gasteiger partial charge in [-0.2, -0.15) is 0 Å². The summed E-state index contributed by atoms with van der Waals surface area (Å²) in [6.07, 6.45) is 11.2. The van der Waals surface area contributed by atoms with Crippen LogP contribution in [0.25, 0.3) is 0 Å². The van der Waals surface area contributed by atoms with Gasteiger partial charge >= 0.3 is 0 Å². The lowest BCUT2D eigenvalue weighted by Crippen LogP contribution is -2.62. The molecule has 2 rings (SSSR count). The summed E-state index contributed by atoms with van der Waals surface area (Å²) in [4.78, 5) is 0. The second-order valence-electron chi connectivity index (χ2n) is 6.88. The maximum atomic E-state index is 6.24. The van der Waals surface area contributed by atoms with Crippen molar-refractivity contribution in [3.8, 4) is 0 Å². The molecule has 2 aliphatic carbocycles. The maximum absolute atomic E-state index is 6.24. The van der Waals surface area contributed by atoms with Crippen LogP contribution in [-0.2, 0) is 0 Å². The summed E-state index contributed by atoms with van der Waals surface area (Å²) in [5.74, 6) is 2.82. The number of hydrogen-bond acceptors (Lipinski definition) is 2. The van der Waals surface area contributed by atoms with E-state index in [2.05, 4.69) is 13.8 Å². The molecule has 100 valence electrons. The van der Waals surface area contributed by atoms with Crippen molar-refractivity contribution in [3.63, 3.8) is 0 Å².